The van der Waals surface area contributed by atoms with E-state index in [1.165, 1.54) is 10.9 Å². The molecule has 0 radical (unpaired) electrons. The van der Waals surface area contributed by atoms with Crippen LogP contribution >= 0.6 is 0 Å². The Hall–Kier alpha value is -1.75. The fraction of sp³-hybridized carbons (Fsp3) is 0.182. The molecule has 1 aromatic carbocycles. The van der Waals surface area contributed by atoms with Gasteiger partial charge in [-0.25, -0.2) is 4.68 Å². The Kier molecular flexibility index (Phi) is 2.70. The summed E-state index contributed by atoms with van der Waals surface area (Å²) in [6, 6.07) is 8.93. The van der Waals surface area contributed by atoms with E-state index >= 15 is 0 Å². The number of aromatic nitrogens is 2. The molecule has 0 spiro atoms. The summed E-state index contributed by atoms with van der Waals surface area (Å²) in [5.41, 5.74) is 0.404. The van der Waals surface area contributed by atoms with E-state index in [0.717, 1.165) is 6.20 Å². The number of hydrogen-bond donors (Lipinski definition) is 1. The number of rotatable bonds is 3. The third kappa shape index (κ3) is 1.94. The molecule has 0 aliphatic heterocycles. The second kappa shape index (κ2) is 4.02. The van der Waals surface area contributed by atoms with Gasteiger partial charge in [-0.05, 0) is 12.1 Å². The van der Waals surface area contributed by atoms with E-state index < -0.39 is 12.5 Å². The van der Waals surface area contributed by atoms with Crippen LogP contribution in [-0.2, 0) is 5.92 Å². The Morgan fingerprint density at radius 2 is 1.94 bits per heavy atom. The van der Waals surface area contributed by atoms with E-state index in [1.54, 1.807) is 24.3 Å². The molecular formula is C11H10F2N2O. The second-order valence-corrected chi connectivity index (χ2v) is 3.37. The highest BCUT2D eigenvalue weighted by molar-refractivity contribution is 5.31. The Bertz CT molecular complexity index is 468. The maximum atomic E-state index is 13.1. The van der Waals surface area contributed by atoms with Gasteiger partial charge < -0.3 is 5.11 Å². The molecule has 1 heterocycles. The van der Waals surface area contributed by atoms with E-state index in [4.69, 9.17) is 5.11 Å². The first-order valence-electron chi connectivity index (χ1n) is 4.73. The van der Waals surface area contributed by atoms with Crippen molar-refractivity contribution < 1.29 is 13.9 Å². The standard InChI is InChI=1S/C11H10F2N2O/c12-11(13,8-16)9-6-14-15(7-9)10-4-2-1-3-5-10/h1-7,16H,8H2. The van der Waals surface area contributed by atoms with Gasteiger partial charge in [0.05, 0.1) is 17.4 Å². The molecule has 16 heavy (non-hydrogen) atoms. The summed E-state index contributed by atoms with van der Waals surface area (Å²) in [7, 11) is 0. The average molecular weight is 224 g/mol. The molecule has 0 unspecified atom stereocenters. The average Bonchev–Trinajstić information content (AvgIpc) is 2.80. The summed E-state index contributed by atoms with van der Waals surface area (Å²) in [6.07, 6.45) is 2.27. The fourth-order valence-electron chi connectivity index (χ4n) is 1.32. The van der Waals surface area contributed by atoms with Gasteiger partial charge in [-0.2, -0.15) is 13.9 Å². The van der Waals surface area contributed by atoms with Gasteiger partial charge in [-0.3, -0.25) is 0 Å². The maximum absolute atomic E-state index is 13.1. The van der Waals surface area contributed by atoms with Crippen LogP contribution in [0.15, 0.2) is 42.7 Å². The second-order valence-electron chi connectivity index (χ2n) is 3.37. The van der Waals surface area contributed by atoms with Crippen molar-refractivity contribution in [3.8, 4) is 5.69 Å². The van der Waals surface area contributed by atoms with Gasteiger partial charge in [-0.15, -0.1) is 0 Å². The van der Waals surface area contributed by atoms with Gasteiger partial charge in [0.2, 0.25) is 0 Å². The number of benzene rings is 1. The van der Waals surface area contributed by atoms with Crippen LogP contribution in [0.5, 0.6) is 0 Å². The van der Waals surface area contributed by atoms with Crippen LogP contribution in [0.3, 0.4) is 0 Å². The predicted molar refractivity (Wildman–Crippen MR) is 54.5 cm³/mol. The highest BCUT2D eigenvalue weighted by Gasteiger charge is 2.32. The van der Waals surface area contributed by atoms with Crippen molar-refractivity contribution in [3.63, 3.8) is 0 Å². The van der Waals surface area contributed by atoms with Gasteiger partial charge in [0.1, 0.15) is 6.61 Å². The summed E-state index contributed by atoms with van der Waals surface area (Å²) in [5.74, 6) is -3.24. The van der Waals surface area contributed by atoms with Crippen molar-refractivity contribution in [1.29, 1.82) is 0 Å². The molecule has 5 heteroatoms. The largest absolute Gasteiger partial charge is 0.390 e. The lowest BCUT2D eigenvalue weighted by Gasteiger charge is -2.09. The van der Waals surface area contributed by atoms with Crippen LogP contribution in [-0.4, -0.2) is 21.5 Å². The molecular weight excluding hydrogens is 214 g/mol. The molecule has 0 bridgehead atoms. The van der Waals surface area contributed by atoms with Crippen LogP contribution in [0.25, 0.3) is 5.69 Å². The SMILES string of the molecule is OCC(F)(F)c1cnn(-c2ccccc2)c1. The van der Waals surface area contributed by atoms with Crippen molar-refractivity contribution in [3.05, 3.63) is 48.3 Å². The molecule has 0 saturated carbocycles. The summed E-state index contributed by atoms with van der Waals surface area (Å²) in [4.78, 5) is 0. The Morgan fingerprint density at radius 1 is 1.25 bits per heavy atom. The third-order valence-electron chi connectivity index (χ3n) is 2.22. The fourth-order valence-corrected chi connectivity index (χ4v) is 1.32. The Labute approximate surface area is 91.0 Å². The van der Waals surface area contributed by atoms with Crippen molar-refractivity contribution in [2.75, 3.05) is 6.61 Å². The number of para-hydroxylation sites is 1. The minimum atomic E-state index is -3.24. The number of nitrogens with zero attached hydrogens (tertiary/aromatic N) is 2. The number of aliphatic hydroxyl groups excluding tert-OH is 1. The normalized spacial score (nSPS) is 11.7. The van der Waals surface area contributed by atoms with Crippen molar-refractivity contribution in [1.82, 2.24) is 9.78 Å². The summed E-state index contributed by atoms with van der Waals surface area (Å²) < 4.78 is 27.6. The van der Waals surface area contributed by atoms with Crippen molar-refractivity contribution in [2.45, 2.75) is 5.92 Å². The van der Waals surface area contributed by atoms with Crippen LogP contribution in [0.4, 0.5) is 8.78 Å². The molecule has 3 nitrogen and oxygen atoms in total. The molecule has 84 valence electrons. The number of halogens is 2. The van der Waals surface area contributed by atoms with Gasteiger partial charge in [0.15, 0.2) is 0 Å². The Balaban J connectivity index is 2.34. The van der Waals surface area contributed by atoms with E-state index in [1.807, 2.05) is 6.07 Å². The molecule has 0 atom stereocenters. The number of aliphatic hydroxyl groups is 1. The summed E-state index contributed by atoms with van der Waals surface area (Å²) in [5, 5.41) is 12.4. The maximum Gasteiger partial charge on any atom is 0.298 e. The zero-order chi connectivity index (χ0) is 11.6. The van der Waals surface area contributed by atoms with E-state index in [9.17, 15) is 8.78 Å². The zero-order valence-corrected chi connectivity index (χ0v) is 8.35. The van der Waals surface area contributed by atoms with Crippen LogP contribution in [0.1, 0.15) is 5.56 Å². The van der Waals surface area contributed by atoms with Gasteiger partial charge in [0, 0.05) is 6.20 Å². The highest BCUT2D eigenvalue weighted by atomic mass is 19.3. The molecule has 0 aliphatic rings. The topological polar surface area (TPSA) is 38.1 Å². The van der Waals surface area contributed by atoms with E-state index in [-0.39, 0.29) is 5.56 Å². The minimum absolute atomic E-state index is 0.293. The first-order valence-corrected chi connectivity index (χ1v) is 4.73. The molecule has 0 aliphatic carbocycles. The summed E-state index contributed by atoms with van der Waals surface area (Å²) >= 11 is 0. The molecule has 1 aromatic heterocycles. The minimum Gasteiger partial charge on any atom is -0.390 e. The Morgan fingerprint density at radius 3 is 2.56 bits per heavy atom. The van der Waals surface area contributed by atoms with Gasteiger partial charge in [-0.1, -0.05) is 18.2 Å². The van der Waals surface area contributed by atoms with Crippen LogP contribution in [0, 0.1) is 0 Å². The van der Waals surface area contributed by atoms with E-state index in [2.05, 4.69) is 5.10 Å². The number of hydrogen-bond acceptors (Lipinski definition) is 2. The quantitative estimate of drug-likeness (QED) is 0.865. The smallest absolute Gasteiger partial charge is 0.298 e. The first kappa shape index (κ1) is 10.8. The lowest BCUT2D eigenvalue weighted by molar-refractivity contribution is -0.0556. The molecule has 0 amide bonds. The lowest BCUT2D eigenvalue weighted by Crippen LogP contribution is -2.17. The summed E-state index contributed by atoms with van der Waals surface area (Å²) in [6.45, 7) is -1.21. The zero-order valence-electron chi connectivity index (χ0n) is 8.35. The molecule has 1 N–H and O–H groups in total. The van der Waals surface area contributed by atoms with Crippen molar-refractivity contribution in [2.24, 2.45) is 0 Å². The van der Waals surface area contributed by atoms with Crippen LogP contribution < -0.4 is 0 Å². The highest BCUT2D eigenvalue weighted by Crippen LogP contribution is 2.27. The first-order chi connectivity index (χ1) is 7.63. The molecule has 2 rings (SSSR count). The van der Waals surface area contributed by atoms with Gasteiger partial charge >= 0.3 is 0 Å². The predicted octanol–water partition coefficient (Wildman–Crippen LogP) is 1.96. The lowest BCUT2D eigenvalue weighted by atomic mass is 10.2. The molecule has 0 fully saturated rings. The monoisotopic (exact) mass is 224 g/mol. The third-order valence-corrected chi connectivity index (χ3v) is 2.22. The van der Waals surface area contributed by atoms with E-state index in [0.29, 0.717) is 5.69 Å². The molecule has 2 aromatic rings. The molecule has 0 saturated heterocycles. The van der Waals surface area contributed by atoms with Crippen molar-refractivity contribution >= 4 is 0 Å². The van der Waals surface area contributed by atoms with Gasteiger partial charge in [0.25, 0.3) is 5.92 Å². The number of alkyl halides is 2. The van der Waals surface area contributed by atoms with Crippen LogP contribution in [0.2, 0.25) is 0 Å².